The van der Waals surface area contributed by atoms with Crippen LogP contribution in [0.5, 0.6) is 5.75 Å². The second kappa shape index (κ2) is 8.16. The van der Waals surface area contributed by atoms with Crippen LogP contribution in [0.15, 0.2) is 53.4 Å². The van der Waals surface area contributed by atoms with Crippen molar-refractivity contribution in [2.24, 2.45) is 0 Å². The monoisotopic (exact) mass is 414 g/mol. The maximum Gasteiger partial charge on any atom is 0.251 e. The Morgan fingerprint density at radius 3 is 2.76 bits per heavy atom. The minimum atomic E-state index is -3.62. The van der Waals surface area contributed by atoms with Crippen molar-refractivity contribution in [3.63, 3.8) is 0 Å². The number of rotatable bonds is 4. The summed E-state index contributed by atoms with van der Waals surface area (Å²) >= 11 is 0. The molecule has 2 atom stereocenters. The Hall–Kier alpha value is -2.38. The van der Waals surface area contributed by atoms with Crippen molar-refractivity contribution in [1.29, 1.82) is 0 Å². The van der Waals surface area contributed by atoms with Crippen LogP contribution < -0.4 is 10.1 Å². The Labute approximate surface area is 171 Å². The SMILES string of the molecule is CC1CCCCN1S(=O)(=O)c1cccc(C(=O)NC2CCOc3ccccc32)c1. The van der Waals surface area contributed by atoms with Crippen molar-refractivity contribution in [3.8, 4) is 5.75 Å². The zero-order valence-corrected chi connectivity index (χ0v) is 17.3. The van der Waals surface area contributed by atoms with Gasteiger partial charge in [-0.2, -0.15) is 4.31 Å². The van der Waals surface area contributed by atoms with Crippen LogP contribution in [0.4, 0.5) is 0 Å². The molecule has 0 bridgehead atoms. The van der Waals surface area contributed by atoms with Gasteiger partial charge in [0.2, 0.25) is 10.0 Å². The molecule has 2 aliphatic rings. The molecule has 2 unspecified atom stereocenters. The first kappa shape index (κ1) is 19.9. The van der Waals surface area contributed by atoms with E-state index in [1.807, 2.05) is 31.2 Å². The molecule has 4 rings (SSSR count). The van der Waals surface area contributed by atoms with Crippen molar-refractivity contribution in [3.05, 3.63) is 59.7 Å². The number of nitrogens with zero attached hydrogens (tertiary/aromatic N) is 1. The van der Waals surface area contributed by atoms with Crippen molar-refractivity contribution in [2.45, 2.75) is 49.6 Å². The van der Waals surface area contributed by atoms with Crippen molar-refractivity contribution < 1.29 is 17.9 Å². The summed E-state index contributed by atoms with van der Waals surface area (Å²) in [5.41, 5.74) is 1.29. The first-order chi connectivity index (χ1) is 14.0. The number of ether oxygens (including phenoxy) is 1. The van der Waals surface area contributed by atoms with Gasteiger partial charge in [0, 0.05) is 30.1 Å². The van der Waals surface area contributed by atoms with Crippen molar-refractivity contribution >= 4 is 15.9 Å². The molecule has 6 nitrogen and oxygen atoms in total. The number of benzene rings is 2. The Morgan fingerprint density at radius 1 is 1.10 bits per heavy atom. The molecule has 1 fully saturated rings. The van der Waals surface area contributed by atoms with Gasteiger partial charge in [0.05, 0.1) is 17.5 Å². The predicted octanol–water partition coefficient (Wildman–Crippen LogP) is 3.50. The van der Waals surface area contributed by atoms with Crippen LogP contribution in [-0.4, -0.2) is 37.8 Å². The highest BCUT2D eigenvalue weighted by Gasteiger charge is 2.31. The Bertz CT molecular complexity index is 1010. The minimum Gasteiger partial charge on any atom is -0.493 e. The number of hydrogen-bond acceptors (Lipinski definition) is 4. The molecule has 1 saturated heterocycles. The number of hydrogen-bond donors (Lipinski definition) is 1. The lowest BCUT2D eigenvalue weighted by Crippen LogP contribution is -2.42. The summed E-state index contributed by atoms with van der Waals surface area (Å²) in [5.74, 6) is 0.495. The molecule has 0 aromatic heterocycles. The average Bonchev–Trinajstić information content (AvgIpc) is 2.74. The molecule has 7 heteroatoms. The summed E-state index contributed by atoms with van der Waals surface area (Å²) in [5, 5.41) is 3.03. The number of nitrogens with one attached hydrogen (secondary N) is 1. The second-order valence-electron chi connectivity index (χ2n) is 7.69. The predicted molar refractivity (Wildman–Crippen MR) is 110 cm³/mol. The van der Waals surface area contributed by atoms with Crippen LogP contribution in [0.1, 0.15) is 54.6 Å². The summed E-state index contributed by atoms with van der Waals surface area (Å²) in [4.78, 5) is 13.1. The number of sulfonamides is 1. The molecule has 154 valence electrons. The first-order valence-corrected chi connectivity index (χ1v) is 11.6. The number of carbonyl (C=O) groups excluding carboxylic acids is 1. The Morgan fingerprint density at radius 2 is 1.93 bits per heavy atom. The first-order valence-electron chi connectivity index (χ1n) is 10.1. The Balaban J connectivity index is 1.55. The molecule has 0 saturated carbocycles. The van der Waals surface area contributed by atoms with Crippen LogP contribution in [0.3, 0.4) is 0 Å². The highest BCUT2D eigenvalue weighted by Crippen LogP contribution is 2.32. The maximum atomic E-state index is 13.1. The van der Waals surface area contributed by atoms with E-state index in [1.165, 1.54) is 6.07 Å². The molecule has 0 aliphatic carbocycles. The summed E-state index contributed by atoms with van der Waals surface area (Å²) in [6.45, 7) is 3.00. The van der Waals surface area contributed by atoms with E-state index in [4.69, 9.17) is 4.74 Å². The molecule has 2 heterocycles. The Kier molecular flexibility index (Phi) is 5.61. The van der Waals surface area contributed by atoms with Crippen molar-refractivity contribution in [2.75, 3.05) is 13.2 Å². The number of amides is 1. The van der Waals surface area contributed by atoms with Gasteiger partial charge in [-0.3, -0.25) is 4.79 Å². The summed E-state index contributed by atoms with van der Waals surface area (Å²) in [6.07, 6.45) is 3.45. The lowest BCUT2D eigenvalue weighted by atomic mass is 10.00. The van der Waals surface area contributed by atoms with Gasteiger partial charge in [-0.05, 0) is 44.0 Å². The number of fused-ring (bicyclic) bond motifs is 1. The molecule has 1 N–H and O–H groups in total. The fraction of sp³-hybridized carbons (Fsp3) is 0.409. The van der Waals surface area contributed by atoms with Gasteiger partial charge in [0.25, 0.3) is 5.91 Å². The van der Waals surface area contributed by atoms with Gasteiger partial charge in [0.15, 0.2) is 0 Å². The fourth-order valence-corrected chi connectivity index (χ4v) is 5.84. The van der Waals surface area contributed by atoms with E-state index in [2.05, 4.69) is 5.32 Å². The number of para-hydroxylation sites is 1. The van der Waals surface area contributed by atoms with Crippen LogP contribution in [-0.2, 0) is 10.0 Å². The smallest absolute Gasteiger partial charge is 0.251 e. The van der Waals surface area contributed by atoms with Crippen molar-refractivity contribution in [1.82, 2.24) is 9.62 Å². The van der Waals surface area contributed by atoms with Crippen LogP contribution in [0.25, 0.3) is 0 Å². The summed E-state index contributed by atoms with van der Waals surface area (Å²) in [6, 6.07) is 13.8. The van der Waals surface area contributed by atoms with Gasteiger partial charge < -0.3 is 10.1 Å². The molecular formula is C22H26N2O4S. The standard InChI is InChI=1S/C22H26N2O4S/c1-16-7-4-5-13-24(16)29(26,27)18-9-6-8-17(15-18)22(25)23-20-12-14-28-21-11-3-2-10-19(20)21/h2-3,6,8-11,15-16,20H,4-5,7,12-14H2,1H3,(H,23,25). The summed E-state index contributed by atoms with van der Waals surface area (Å²) in [7, 11) is -3.62. The van der Waals surface area contributed by atoms with Crippen LogP contribution >= 0.6 is 0 Å². The zero-order valence-electron chi connectivity index (χ0n) is 16.5. The quantitative estimate of drug-likeness (QED) is 0.831. The van der Waals surface area contributed by atoms with Gasteiger partial charge in [0.1, 0.15) is 5.75 Å². The lowest BCUT2D eigenvalue weighted by Gasteiger charge is -2.32. The molecule has 0 radical (unpaired) electrons. The van der Waals surface area contributed by atoms with E-state index < -0.39 is 10.0 Å². The molecule has 29 heavy (non-hydrogen) atoms. The average molecular weight is 415 g/mol. The van der Waals surface area contributed by atoms with E-state index in [-0.39, 0.29) is 22.9 Å². The van der Waals surface area contributed by atoms with Gasteiger partial charge in [-0.25, -0.2) is 8.42 Å². The third-order valence-electron chi connectivity index (χ3n) is 5.71. The lowest BCUT2D eigenvalue weighted by molar-refractivity contribution is 0.0924. The number of piperidine rings is 1. The fourth-order valence-electron chi connectivity index (χ4n) is 4.10. The normalized spacial score (nSPS) is 22.4. The maximum absolute atomic E-state index is 13.1. The molecule has 0 spiro atoms. The van der Waals surface area contributed by atoms with E-state index in [9.17, 15) is 13.2 Å². The topological polar surface area (TPSA) is 75.7 Å². The van der Waals surface area contributed by atoms with E-state index in [1.54, 1.807) is 22.5 Å². The molecule has 1 amide bonds. The minimum absolute atomic E-state index is 0.0232. The highest BCUT2D eigenvalue weighted by atomic mass is 32.2. The van der Waals surface area contributed by atoms with Crippen LogP contribution in [0, 0.1) is 0 Å². The van der Waals surface area contributed by atoms with E-state index in [0.717, 1.165) is 30.6 Å². The van der Waals surface area contributed by atoms with Gasteiger partial charge in [-0.1, -0.05) is 30.7 Å². The molecule has 2 aliphatic heterocycles. The second-order valence-corrected chi connectivity index (χ2v) is 9.58. The van der Waals surface area contributed by atoms with E-state index in [0.29, 0.717) is 25.1 Å². The molecule has 2 aromatic rings. The third-order valence-corrected chi connectivity index (χ3v) is 7.72. The van der Waals surface area contributed by atoms with Gasteiger partial charge >= 0.3 is 0 Å². The molecule has 2 aromatic carbocycles. The van der Waals surface area contributed by atoms with Gasteiger partial charge in [-0.15, -0.1) is 0 Å². The highest BCUT2D eigenvalue weighted by molar-refractivity contribution is 7.89. The van der Waals surface area contributed by atoms with E-state index >= 15 is 0 Å². The third kappa shape index (κ3) is 4.02. The zero-order chi connectivity index (χ0) is 20.4. The number of carbonyl (C=O) groups is 1. The largest absolute Gasteiger partial charge is 0.493 e. The van der Waals surface area contributed by atoms with Crippen LogP contribution in [0.2, 0.25) is 0 Å². The molecular weight excluding hydrogens is 388 g/mol. The summed E-state index contributed by atoms with van der Waals surface area (Å²) < 4.78 is 33.4.